The van der Waals surface area contributed by atoms with E-state index in [9.17, 15) is 0 Å². The van der Waals surface area contributed by atoms with Crippen LogP contribution in [0.5, 0.6) is 11.6 Å². The Labute approximate surface area is 116 Å². The van der Waals surface area contributed by atoms with E-state index in [4.69, 9.17) is 16.3 Å². The monoisotopic (exact) mass is 282 g/mol. The standard InChI is InChI=1S/C13H15ClN2OS/c1-9-12(8-14)13(16(2)15-9)17-10-4-6-11(18-3)7-5-10/h4-7H,8H2,1-3H3. The lowest BCUT2D eigenvalue weighted by Gasteiger charge is -2.08. The van der Waals surface area contributed by atoms with Crippen LogP contribution in [0.4, 0.5) is 0 Å². The van der Waals surface area contributed by atoms with Crippen molar-refractivity contribution in [2.24, 2.45) is 7.05 Å². The molecule has 2 rings (SSSR count). The van der Waals surface area contributed by atoms with Crippen LogP contribution in [0.25, 0.3) is 0 Å². The first-order chi connectivity index (χ1) is 8.65. The second-order valence-corrected chi connectivity index (χ2v) is 5.05. The zero-order valence-electron chi connectivity index (χ0n) is 10.6. The van der Waals surface area contributed by atoms with Crippen LogP contribution in [0.3, 0.4) is 0 Å². The van der Waals surface area contributed by atoms with Gasteiger partial charge in [0.25, 0.3) is 0 Å². The highest BCUT2D eigenvalue weighted by molar-refractivity contribution is 7.98. The second-order valence-electron chi connectivity index (χ2n) is 3.90. The van der Waals surface area contributed by atoms with E-state index in [2.05, 4.69) is 5.10 Å². The zero-order valence-corrected chi connectivity index (χ0v) is 12.2. The largest absolute Gasteiger partial charge is 0.439 e. The topological polar surface area (TPSA) is 27.1 Å². The van der Waals surface area contributed by atoms with Gasteiger partial charge in [-0.05, 0) is 37.4 Å². The van der Waals surface area contributed by atoms with E-state index >= 15 is 0 Å². The maximum Gasteiger partial charge on any atom is 0.222 e. The van der Waals surface area contributed by atoms with Gasteiger partial charge in [0, 0.05) is 11.9 Å². The lowest BCUT2D eigenvalue weighted by Crippen LogP contribution is -1.96. The van der Waals surface area contributed by atoms with Crippen LogP contribution >= 0.6 is 23.4 Å². The molecule has 1 heterocycles. The number of thioether (sulfide) groups is 1. The van der Waals surface area contributed by atoms with Crippen LogP contribution in [0.2, 0.25) is 0 Å². The van der Waals surface area contributed by atoms with Crippen molar-refractivity contribution in [2.75, 3.05) is 6.26 Å². The highest BCUT2D eigenvalue weighted by atomic mass is 35.5. The van der Waals surface area contributed by atoms with Crippen LogP contribution in [-0.4, -0.2) is 16.0 Å². The first kappa shape index (κ1) is 13.3. The molecule has 0 radical (unpaired) electrons. The molecule has 0 fully saturated rings. The van der Waals surface area contributed by atoms with Crippen molar-refractivity contribution >= 4 is 23.4 Å². The lowest BCUT2D eigenvalue weighted by molar-refractivity contribution is 0.427. The summed E-state index contributed by atoms with van der Waals surface area (Å²) in [5.74, 6) is 1.90. The average Bonchev–Trinajstić information content (AvgIpc) is 2.64. The first-order valence-electron chi connectivity index (χ1n) is 5.56. The van der Waals surface area contributed by atoms with Gasteiger partial charge in [0.05, 0.1) is 17.1 Å². The summed E-state index contributed by atoms with van der Waals surface area (Å²) in [4.78, 5) is 1.21. The minimum absolute atomic E-state index is 0.401. The second kappa shape index (κ2) is 5.67. The Balaban J connectivity index is 2.27. The van der Waals surface area contributed by atoms with Crippen molar-refractivity contribution in [3.05, 3.63) is 35.5 Å². The fourth-order valence-corrected chi connectivity index (χ4v) is 2.43. The third-order valence-corrected chi connectivity index (χ3v) is 3.71. The highest BCUT2D eigenvalue weighted by Crippen LogP contribution is 2.29. The number of aryl methyl sites for hydroxylation is 2. The minimum atomic E-state index is 0.401. The van der Waals surface area contributed by atoms with Gasteiger partial charge in [-0.15, -0.1) is 23.4 Å². The Kier molecular flexibility index (Phi) is 4.19. The van der Waals surface area contributed by atoms with Crippen LogP contribution in [-0.2, 0) is 12.9 Å². The van der Waals surface area contributed by atoms with Crippen LogP contribution in [0.1, 0.15) is 11.3 Å². The molecule has 5 heteroatoms. The molecule has 0 atom stereocenters. The third kappa shape index (κ3) is 2.65. The fraction of sp³-hybridized carbons (Fsp3) is 0.308. The number of benzene rings is 1. The fourth-order valence-electron chi connectivity index (χ4n) is 1.72. The predicted molar refractivity (Wildman–Crippen MR) is 75.8 cm³/mol. The third-order valence-electron chi connectivity index (χ3n) is 2.70. The summed E-state index contributed by atoms with van der Waals surface area (Å²) in [5.41, 5.74) is 1.84. The highest BCUT2D eigenvalue weighted by Gasteiger charge is 2.14. The van der Waals surface area contributed by atoms with Crippen LogP contribution in [0.15, 0.2) is 29.2 Å². The van der Waals surface area contributed by atoms with E-state index in [1.54, 1.807) is 16.4 Å². The number of halogens is 1. The molecule has 0 aliphatic heterocycles. The smallest absolute Gasteiger partial charge is 0.222 e. The van der Waals surface area contributed by atoms with Gasteiger partial charge in [-0.2, -0.15) is 5.10 Å². The molecule has 3 nitrogen and oxygen atoms in total. The molecule has 0 aliphatic carbocycles. The molecule has 1 aromatic carbocycles. The van der Waals surface area contributed by atoms with E-state index in [0.29, 0.717) is 11.8 Å². The molecule has 0 saturated carbocycles. The van der Waals surface area contributed by atoms with Gasteiger partial charge in [0.2, 0.25) is 5.88 Å². The number of aromatic nitrogens is 2. The summed E-state index contributed by atoms with van der Waals surface area (Å²) >= 11 is 7.63. The molecule has 0 spiro atoms. The molecular weight excluding hydrogens is 268 g/mol. The van der Waals surface area contributed by atoms with Crippen LogP contribution < -0.4 is 4.74 Å². The molecule has 0 unspecified atom stereocenters. The maximum atomic E-state index is 5.93. The van der Waals surface area contributed by atoms with Crippen molar-refractivity contribution in [3.8, 4) is 11.6 Å². The predicted octanol–water partition coefficient (Wildman–Crippen LogP) is 3.98. The number of hydrogen-bond donors (Lipinski definition) is 0. The Hall–Kier alpha value is -1.13. The summed E-state index contributed by atoms with van der Waals surface area (Å²) in [7, 11) is 1.86. The van der Waals surface area contributed by atoms with Crippen molar-refractivity contribution in [1.82, 2.24) is 9.78 Å². The number of ether oxygens (including phenoxy) is 1. The van der Waals surface area contributed by atoms with E-state index in [-0.39, 0.29) is 0 Å². The summed E-state index contributed by atoms with van der Waals surface area (Å²) in [5, 5.41) is 4.31. The summed E-state index contributed by atoms with van der Waals surface area (Å²) < 4.78 is 7.58. The van der Waals surface area contributed by atoms with Gasteiger partial charge in [0.15, 0.2) is 0 Å². The molecule has 96 valence electrons. The molecule has 18 heavy (non-hydrogen) atoms. The molecule has 0 aliphatic rings. The lowest BCUT2D eigenvalue weighted by atomic mass is 10.3. The SMILES string of the molecule is CSc1ccc(Oc2c(CCl)c(C)nn2C)cc1. The molecular formula is C13H15ClN2OS. The number of rotatable bonds is 4. The molecule has 0 amide bonds. The summed E-state index contributed by atoms with van der Waals surface area (Å²) in [6.45, 7) is 1.93. The van der Waals surface area contributed by atoms with E-state index in [1.165, 1.54) is 4.90 Å². The summed E-state index contributed by atoms with van der Waals surface area (Å²) in [6.07, 6.45) is 2.05. The number of nitrogens with zero attached hydrogens (tertiary/aromatic N) is 2. The zero-order chi connectivity index (χ0) is 13.1. The Morgan fingerprint density at radius 2 is 2.00 bits per heavy atom. The molecule has 1 aromatic heterocycles. The Morgan fingerprint density at radius 1 is 1.33 bits per heavy atom. The Bertz CT molecular complexity index is 537. The number of alkyl halides is 1. The van der Waals surface area contributed by atoms with Crippen molar-refractivity contribution in [2.45, 2.75) is 17.7 Å². The molecule has 0 saturated heterocycles. The first-order valence-corrected chi connectivity index (χ1v) is 7.32. The summed E-state index contributed by atoms with van der Waals surface area (Å²) in [6, 6.07) is 7.96. The van der Waals surface area contributed by atoms with E-state index < -0.39 is 0 Å². The van der Waals surface area contributed by atoms with E-state index in [0.717, 1.165) is 17.0 Å². The molecule has 0 bridgehead atoms. The van der Waals surface area contributed by atoms with Gasteiger partial charge >= 0.3 is 0 Å². The Morgan fingerprint density at radius 3 is 2.56 bits per heavy atom. The molecule has 2 aromatic rings. The van der Waals surface area contributed by atoms with Gasteiger partial charge in [-0.1, -0.05) is 0 Å². The minimum Gasteiger partial charge on any atom is -0.439 e. The maximum absolute atomic E-state index is 5.93. The van der Waals surface area contributed by atoms with Crippen LogP contribution in [0, 0.1) is 6.92 Å². The normalized spacial score (nSPS) is 10.7. The number of hydrogen-bond acceptors (Lipinski definition) is 3. The van der Waals surface area contributed by atoms with Gasteiger partial charge in [-0.25, -0.2) is 4.68 Å². The van der Waals surface area contributed by atoms with Gasteiger partial charge in [0.1, 0.15) is 5.75 Å². The van der Waals surface area contributed by atoms with Gasteiger partial charge in [-0.3, -0.25) is 0 Å². The van der Waals surface area contributed by atoms with Gasteiger partial charge < -0.3 is 4.74 Å². The van der Waals surface area contributed by atoms with Crippen molar-refractivity contribution < 1.29 is 4.74 Å². The van der Waals surface area contributed by atoms with Crippen molar-refractivity contribution in [1.29, 1.82) is 0 Å². The molecule has 0 N–H and O–H groups in total. The average molecular weight is 283 g/mol. The van der Waals surface area contributed by atoms with E-state index in [1.807, 2.05) is 44.5 Å². The van der Waals surface area contributed by atoms with Crippen molar-refractivity contribution in [3.63, 3.8) is 0 Å². The quantitative estimate of drug-likeness (QED) is 0.627.